The molecule has 0 bridgehead atoms. The molecule has 6 nitrogen and oxygen atoms in total. The van der Waals surface area contributed by atoms with Crippen LogP contribution in [0.5, 0.6) is 0 Å². The first-order valence-corrected chi connectivity index (χ1v) is 9.07. The minimum atomic E-state index is -4.64. The van der Waals surface area contributed by atoms with Gasteiger partial charge < -0.3 is 9.64 Å². The van der Waals surface area contributed by atoms with Gasteiger partial charge in [0.2, 0.25) is 0 Å². The Morgan fingerprint density at radius 2 is 1.79 bits per heavy atom. The Hall–Kier alpha value is -3.10. The predicted molar refractivity (Wildman–Crippen MR) is 98.3 cm³/mol. The predicted octanol–water partition coefficient (Wildman–Crippen LogP) is 5.13. The van der Waals surface area contributed by atoms with Crippen molar-refractivity contribution in [1.82, 2.24) is 4.90 Å². The molecule has 1 aliphatic heterocycles. The number of ether oxygens (including phenoxy) is 1. The van der Waals surface area contributed by atoms with Crippen molar-refractivity contribution in [3.63, 3.8) is 0 Å². The molecule has 1 fully saturated rings. The molecule has 2 aromatic rings. The Morgan fingerprint density at radius 1 is 1.14 bits per heavy atom. The maximum absolute atomic E-state index is 12.9. The molecule has 0 saturated carbocycles. The lowest BCUT2D eigenvalue weighted by molar-refractivity contribution is -0.386. The molecule has 3 rings (SSSR count). The summed E-state index contributed by atoms with van der Waals surface area (Å²) in [5.41, 5.74) is -0.462. The Morgan fingerprint density at radius 3 is 2.38 bits per heavy atom. The quantitative estimate of drug-likeness (QED) is 0.519. The summed E-state index contributed by atoms with van der Waals surface area (Å²) in [6, 6.07) is 11.8. The van der Waals surface area contributed by atoms with E-state index in [4.69, 9.17) is 4.74 Å². The molecule has 154 valence electrons. The molecule has 0 N–H and O–H groups in total. The summed E-state index contributed by atoms with van der Waals surface area (Å²) in [5, 5.41) is 11.3. The van der Waals surface area contributed by atoms with Gasteiger partial charge in [0.1, 0.15) is 6.61 Å². The van der Waals surface area contributed by atoms with Crippen molar-refractivity contribution in [2.75, 3.05) is 13.1 Å². The molecule has 1 heterocycles. The second-order valence-electron chi connectivity index (χ2n) is 6.83. The van der Waals surface area contributed by atoms with E-state index in [1.54, 1.807) is 0 Å². The number of rotatable bonds is 4. The van der Waals surface area contributed by atoms with Crippen LogP contribution in [0.3, 0.4) is 0 Å². The Kier molecular flexibility index (Phi) is 6.05. The minimum absolute atomic E-state index is 0.143. The van der Waals surface area contributed by atoms with Gasteiger partial charge in [-0.25, -0.2) is 4.79 Å². The topological polar surface area (TPSA) is 72.7 Å². The molecule has 1 saturated heterocycles. The highest BCUT2D eigenvalue weighted by atomic mass is 19.4. The molecular weight excluding hydrogens is 389 g/mol. The fourth-order valence-corrected chi connectivity index (χ4v) is 3.41. The average molecular weight is 408 g/mol. The number of piperidine rings is 1. The minimum Gasteiger partial charge on any atom is -0.445 e. The van der Waals surface area contributed by atoms with Gasteiger partial charge in [0, 0.05) is 24.7 Å². The molecule has 0 radical (unpaired) electrons. The molecular formula is C20H19F3N2O4. The number of nitro groups is 1. The number of nitrogens with zero attached hydrogens (tertiary/aromatic N) is 2. The summed E-state index contributed by atoms with van der Waals surface area (Å²) in [4.78, 5) is 24.2. The zero-order chi connectivity index (χ0) is 21.0. The third-order valence-electron chi connectivity index (χ3n) is 4.95. The average Bonchev–Trinajstić information content (AvgIpc) is 2.71. The van der Waals surface area contributed by atoms with E-state index in [9.17, 15) is 28.1 Å². The summed E-state index contributed by atoms with van der Waals surface area (Å²) in [7, 11) is 0. The SMILES string of the molecule is O=C(OCc1ccccc1)N1CCC(c2ccc(C(F)(F)F)cc2[N+](=O)[O-])CC1. The highest BCUT2D eigenvalue weighted by Gasteiger charge is 2.35. The number of alkyl halides is 3. The van der Waals surface area contributed by atoms with Crippen molar-refractivity contribution < 1.29 is 27.6 Å². The number of carbonyl (C=O) groups excluding carboxylic acids is 1. The van der Waals surface area contributed by atoms with Crippen LogP contribution in [0.4, 0.5) is 23.7 Å². The molecule has 0 spiro atoms. The van der Waals surface area contributed by atoms with Gasteiger partial charge in [-0.15, -0.1) is 0 Å². The first kappa shape index (κ1) is 20.6. The number of halogens is 3. The van der Waals surface area contributed by atoms with Crippen LogP contribution in [0.15, 0.2) is 48.5 Å². The fraction of sp³-hybridized carbons (Fsp3) is 0.350. The molecule has 9 heteroatoms. The molecule has 1 amide bonds. The van der Waals surface area contributed by atoms with Crippen LogP contribution in [-0.2, 0) is 17.5 Å². The zero-order valence-corrected chi connectivity index (χ0v) is 15.4. The number of likely N-dealkylation sites (tertiary alicyclic amines) is 1. The number of hydrogen-bond acceptors (Lipinski definition) is 4. The second kappa shape index (κ2) is 8.50. The Balaban J connectivity index is 1.63. The Bertz CT molecular complexity index is 879. The number of carbonyl (C=O) groups is 1. The monoisotopic (exact) mass is 408 g/mol. The fourth-order valence-electron chi connectivity index (χ4n) is 3.41. The third-order valence-corrected chi connectivity index (χ3v) is 4.95. The van der Waals surface area contributed by atoms with Gasteiger partial charge in [0.25, 0.3) is 5.69 Å². The van der Waals surface area contributed by atoms with Gasteiger partial charge in [0.15, 0.2) is 0 Å². The lowest BCUT2D eigenvalue weighted by Gasteiger charge is -2.31. The molecule has 2 aromatic carbocycles. The number of nitro benzene ring substituents is 1. The van der Waals surface area contributed by atoms with E-state index >= 15 is 0 Å². The van der Waals surface area contributed by atoms with E-state index in [-0.39, 0.29) is 18.1 Å². The third kappa shape index (κ3) is 5.04. The molecule has 0 aliphatic carbocycles. The van der Waals surface area contributed by atoms with Crippen LogP contribution in [0, 0.1) is 10.1 Å². The highest BCUT2D eigenvalue weighted by Crippen LogP contribution is 2.38. The van der Waals surface area contributed by atoms with Crippen molar-refractivity contribution in [1.29, 1.82) is 0 Å². The van der Waals surface area contributed by atoms with Crippen molar-refractivity contribution in [2.45, 2.75) is 31.5 Å². The Labute approximate surface area is 165 Å². The molecule has 0 atom stereocenters. The first-order valence-electron chi connectivity index (χ1n) is 9.07. The molecule has 0 unspecified atom stereocenters. The zero-order valence-electron chi connectivity index (χ0n) is 15.4. The van der Waals surface area contributed by atoms with Gasteiger partial charge in [-0.2, -0.15) is 13.2 Å². The van der Waals surface area contributed by atoms with Crippen LogP contribution in [0.2, 0.25) is 0 Å². The maximum atomic E-state index is 12.9. The second-order valence-corrected chi connectivity index (χ2v) is 6.83. The summed E-state index contributed by atoms with van der Waals surface area (Å²) in [5.74, 6) is -0.296. The molecule has 1 aliphatic rings. The van der Waals surface area contributed by atoms with E-state index in [0.717, 1.165) is 11.6 Å². The number of amides is 1. The summed E-state index contributed by atoms with van der Waals surface area (Å²) in [6.07, 6.45) is -4.30. The highest BCUT2D eigenvalue weighted by molar-refractivity contribution is 5.67. The van der Waals surface area contributed by atoms with Crippen molar-refractivity contribution in [2.24, 2.45) is 0 Å². The number of benzene rings is 2. The summed E-state index contributed by atoms with van der Waals surface area (Å²) in [6.45, 7) is 0.775. The lowest BCUT2D eigenvalue weighted by Crippen LogP contribution is -2.38. The van der Waals surface area contributed by atoms with Crippen LogP contribution in [0.1, 0.15) is 35.4 Å². The van der Waals surface area contributed by atoms with Gasteiger partial charge in [-0.1, -0.05) is 36.4 Å². The van der Waals surface area contributed by atoms with Gasteiger partial charge in [0.05, 0.1) is 10.5 Å². The van der Waals surface area contributed by atoms with Gasteiger partial charge >= 0.3 is 12.3 Å². The maximum Gasteiger partial charge on any atom is 0.416 e. The van der Waals surface area contributed by atoms with Crippen LogP contribution >= 0.6 is 0 Å². The van der Waals surface area contributed by atoms with Gasteiger partial charge in [-0.3, -0.25) is 10.1 Å². The summed E-state index contributed by atoms with van der Waals surface area (Å²) >= 11 is 0. The van der Waals surface area contributed by atoms with E-state index < -0.39 is 28.4 Å². The molecule has 29 heavy (non-hydrogen) atoms. The lowest BCUT2D eigenvalue weighted by atomic mass is 9.88. The van der Waals surface area contributed by atoms with Crippen molar-refractivity contribution in [3.05, 3.63) is 75.3 Å². The first-order chi connectivity index (χ1) is 13.8. The standard InChI is InChI=1S/C20H19F3N2O4/c21-20(22,23)16-6-7-17(18(12-16)25(27)28)15-8-10-24(11-9-15)19(26)29-13-14-4-2-1-3-5-14/h1-7,12,15H,8-11,13H2. The van der Waals surface area contributed by atoms with Gasteiger partial charge in [-0.05, 0) is 30.4 Å². The van der Waals surface area contributed by atoms with Crippen LogP contribution < -0.4 is 0 Å². The molecule has 0 aromatic heterocycles. The van der Waals surface area contributed by atoms with Crippen molar-refractivity contribution in [3.8, 4) is 0 Å². The van der Waals surface area contributed by atoms with E-state index in [1.165, 1.54) is 11.0 Å². The van der Waals surface area contributed by atoms with Crippen LogP contribution in [0.25, 0.3) is 0 Å². The van der Waals surface area contributed by atoms with Crippen LogP contribution in [-0.4, -0.2) is 29.0 Å². The van der Waals surface area contributed by atoms with E-state index in [0.29, 0.717) is 32.0 Å². The van der Waals surface area contributed by atoms with Crippen molar-refractivity contribution >= 4 is 11.8 Å². The largest absolute Gasteiger partial charge is 0.445 e. The van der Waals surface area contributed by atoms with E-state index in [1.807, 2.05) is 30.3 Å². The smallest absolute Gasteiger partial charge is 0.416 e. The number of hydrogen-bond donors (Lipinski definition) is 0. The summed E-state index contributed by atoms with van der Waals surface area (Å²) < 4.78 is 43.9. The van der Waals surface area contributed by atoms with E-state index in [2.05, 4.69) is 0 Å². The normalized spacial score (nSPS) is 15.2.